The predicted octanol–water partition coefficient (Wildman–Crippen LogP) is 1.93. The fourth-order valence-corrected chi connectivity index (χ4v) is 3.63. The van der Waals surface area contributed by atoms with E-state index in [9.17, 15) is 13.2 Å². The van der Waals surface area contributed by atoms with E-state index in [4.69, 9.17) is 16.3 Å². The summed E-state index contributed by atoms with van der Waals surface area (Å²) in [5, 5.41) is 2.72. The highest BCUT2D eigenvalue weighted by atomic mass is 35.5. The van der Waals surface area contributed by atoms with E-state index < -0.39 is 15.6 Å². The third-order valence-electron chi connectivity index (χ3n) is 3.10. The van der Waals surface area contributed by atoms with Crippen molar-refractivity contribution in [2.75, 3.05) is 14.2 Å². The topological polar surface area (TPSA) is 84.5 Å². The summed E-state index contributed by atoms with van der Waals surface area (Å²) in [5.74, 6) is 0.263. The Kier molecular flexibility index (Phi) is 6.22. The van der Waals surface area contributed by atoms with Gasteiger partial charge in [-0.2, -0.15) is 0 Å². The van der Waals surface area contributed by atoms with E-state index in [1.54, 1.807) is 20.9 Å². The van der Waals surface area contributed by atoms with Crippen LogP contribution in [0.4, 0.5) is 0 Å². The summed E-state index contributed by atoms with van der Waals surface area (Å²) in [4.78, 5) is 11.3. The van der Waals surface area contributed by atoms with E-state index in [0.29, 0.717) is 12.2 Å². The van der Waals surface area contributed by atoms with Crippen LogP contribution in [0.2, 0.25) is 5.02 Å². The molecular weight excluding hydrogens is 328 g/mol. The number of rotatable bonds is 7. The van der Waals surface area contributed by atoms with Crippen molar-refractivity contribution in [2.24, 2.45) is 0 Å². The molecule has 0 fully saturated rings. The van der Waals surface area contributed by atoms with Gasteiger partial charge in [-0.25, -0.2) is 13.1 Å². The largest absolute Gasteiger partial charge is 0.495 e. The second kappa shape index (κ2) is 7.30. The summed E-state index contributed by atoms with van der Waals surface area (Å²) in [5.41, 5.74) is -0.766. The number of carbonyl (C=O) groups excluding carboxylic acids is 1. The first-order valence-electron chi connectivity index (χ1n) is 6.69. The molecule has 0 unspecified atom stereocenters. The number of benzene rings is 1. The maximum absolute atomic E-state index is 12.4. The smallest absolute Gasteiger partial charge is 0.241 e. The lowest BCUT2D eigenvalue weighted by atomic mass is 10.00. The first-order valence-corrected chi connectivity index (χ1v) is 8.55. The van der Waals surface area contributed by atoms with Crippen LogP contribution in [-0.2, 0) is 14.8 Å². The van der Waals surface area contributed by atoms with Crippen LogP contribution in [0.5, 0.6) is 5.75 Å². The number of nitrogens with one attached hydrogen (secondary N) is 2. The Morgan fingerprint density at radius 1 is 1.36 bits per heavy atom. The molecule has 1 rings (SSSR count). The first-order chi connectivity index (χ1) is 10.1. The maximum atomic E-state index is 12.4. The number of halogens is 1. The van der Waals surface area contributed by atoms with E-state index in [1.807, 2.05) is 0 Å². The molecule has 0 saturated carbocycles. The third-order valence-corrected chi connectivity index (χ3v) is 5.09. The van der Waals surface area contributed by atoms with E-state index in [0.717, 1.165) is 0 Å². The normalized spacial score (nSPS) is 12.0. The van der Waals surface area contributed by atoms with Crippen molar-refractivity contribution in [2.45, 2.75) is 37.1 Å². The van der Waals surface area contributed by atoms with Crippen LogP contribution in [0, 0.1) is 0 Å². The Labute approximate surface area is 136 Å². The van der Waals surface area contributed by atoms with Crippen LogP contribution in [0.25, 0.3) is 0 Å². The molecule has 1 amide bonds. The molecule has 2 N–H and O–H groups in total. The van der Waals surface area contributed by atoms with Crippen LogP contribution in [0.1, 0.15) is 26.7 Å². The zero-order valence-corrected chi connectivity index (χ0v) is 14.6. The van der Waals surface area contributed by atoms with Crippen molar-refractivity contribution in [3.05, 3.63) is 23.2 Å². The van der Waals surface area contributed by atoms with Gasteiger partial charge in [0.15, 0.2) is 0 Å². The Balaban J connectivity index is 2.90. The molecule has 0 saturated heterocycles. The van der Waals surface area contributed by atoms with Crippen LogP contribution >= 0.6 is 11.6 Å². The Bertz CT molecular complexity index is 644. The average Bonchev–Trinajstić information content (AvgIpc) is 2.43. The maximum Gasteiger partial charge on any atom is 0.241 e. The number of hydrogen-bond donors (Lipinski definition) is 2. The molecule has 8 heteroatoms. The van der Waals surface area contributed by atoms with E-state index in [-0.39, 0.29) is 22.2 Å². The van der Waals surface area contributed by atoms with E-state index in [1.165, 1.54) is 25.3 Å². The molecule has 0 aliphatic carbocycles. The molecule has 0 spiro atoms. The van der Waals surface area contributed by atoms with Crippen molar-refractivity contribution >= 4 is 27.5 Å². The lowest BCUT2D eigenvalue weighted by molar-refractivity contribution is -0.120. The number of hydrogen-bond acceptors (Lipinski definition) is 4. The second-order valence-corrected chi connectivity index (χ2v) is 7.55. The summed E-state index contributed by atoms with van der Waals surface area (Å²) in [6.45, 7) is 3.44. The summed E-state index contributed by atoms with van der Waals surface area (Å²) >= 11 is 5.96. The number of ether oxygens (including phenoxy) is 1. The fourth-order valence-electron chi connectivity index (χ4n) is 1.84. The van der Waals surface area contributed by atoms with Gasteiger partial charge in [0.1, 0.15) is 5.75 Å². The second-order valence-electron chi connectivity index (χ2n) is 5.46. The first kappa shape index (κ1) is 18.7. The van der Waals surface area contributed by atoms with Gasteiger partial charge in [0, 0.05) is 19.0 Å². The molecule has 0 heterocycles. The highest BCUT2D eigenvalue weighted by molar-refractivity contribution is 7.89. The minimum Gasteiger partial charge on any atom is -0.495 e. The standard InChI is InChI=1S/C14H21ClN2O4S/c1-14(2,8-7-13(18)16-3)17-22(19,20)10-5-6-12(21-4)11(15)9-10/h5-6,9,17H,7-8H2,1-4H3,(H,16,18). The van der Waals surface area contributed by atoms with Crippen molar-refractivity contribution < 1.29 is 17.9 Å². The average molecular weight is 349 g/mol. The molecular formula is C14H21ClN2O4S. The number of sulfonamides is 1. The number of carbonyl (C=O) groups is 1. The molecule has 0 atom stereocenters. The van der Waals surface area contributed by atoms with Crippen molar-refractivity contribution in [3.63, 3.8) is 0 Å². The summed E-state index contributed by atoms with van der Waals surface area (Å²) in [6, 6.07) is 4.24. The van der Waals surface area contributed by atoms with E-state index >= 15 is 0 Å². The van der Waals surface area contributed by atoms with Gasteiger partial charge in [-0.3, -0.25) is 4.79 Å². The molecule has 22 heavy (non-hydrogen) atoms. The summed E-state index contributed by atoms with van der Waals surface area (Å²) < 4.78 is 32.4. The zero-order valence-electron chi connectivity index (χ0n) is 13.1. The van der Waals surface area contributed by atoms with Gasteiger partial charge in [0.2, 0.25) is 15.9 Å². The van der Waals surface area contributed by atoms with Gasteiger partial charge >= 0.3 is 0 Å². The third kappa shape index (κ3) is 5.15. The van der Waals surface area contributed by atoms with Crippen molar-refractivity contribution in [1.82, 2.24) is 10.0 Å². The van der Waals surface area contributed by atoms with Gasteiger partial charge in [0.05, 0.1) is 17.0 Å². The van der Waals surface area contributed by atoms with Gasteiger partial charge in [-0.05, 0) is 38.5 Å². The van der Waals surface area contributed by atoms with Crippen molar-refractivity contribution in [1.29, 1.82) is 0 Å². The molecule has 0 bridgehead atoms. The van der Waals surface area contributed by atoms with Gasteiger partial charge in [0.25, 0.3) is 0 Å². The van der Waals surface area contributed by atoms with Gasteiger partial charge in [-0.1, -0.05) is 11.6 Å². The molecule has 0 radical (unpaired) electrons. The SMILES string of the molecule is CNC(=O)CCC(C)(C)NS(=O)(=O)c1ccc(OC)c(Cl)c1. The molecule has 0 aliphatic heterocycles. The Morgan fingerprint density at radius 3 is 2.50 bits per heavy atom. The van der Waals surface area contributed by atoms with Crippen LogP contribution in [-0.4, -0.2) is 34.0 Å². The summed E-state index contributed by atoms with van der Waals surface area (Å²) in [7, 11) is -0.747. The quantitative estimate of drug-likeness (QED) is 0.788. The number of amides is 1. The minimum atomic E-state index is -3.74. The molecule has 124 valence electrons. The van der Waals surface area contributed by atoms with Gasteiger partial charge < -0.3 is 10.1 Å². The zero-order chi connectivity index (χ0) is 17.0. The van der Waals surface area contributed by atoms with Crippen LogP contribution < -0.4 is 14.8 Å². The Morgan fingerprint density at radius 2 is 2.00 bits per heavy atom. The van der Waals surface area contributed by atoms with Gasteiger partial charge in [-0.15, -0.1) is 0 Å². The van der Waals surface area contributed by atoms with Crippen LogP contribution in [0.3, 0.4) is 0 Å². The van der Waals surface area contributed by atoms with E-state index in [2.05, 4.69) is 10.0 Å². The predicted molar refractivity (Wildman–Crippen MR) is 85.7 cm³/mol. The fraction of sp³-hybridized carbons (Fsp3) is 0.500. The molecule has 1 aromatic rings. The Hall–Kier alpha value is -1.31. The lowest BCUT2D eigenvalue weighted by Crippen LogP contribution is -2.44. The molecule has 0 aromatic heterocycles. The molecule has 0 aliphatic rings. The minimum absolute atomic E-state index is 0.0475. The van der Waals surface area contributed by atoms with Crippen molar-refractivity contribution in [3.8, 4) is 5.75 Å². The summed E-state index contributed by atoms with van der Waals surface area (Å²) in [6.07, 6.45) is 0.602. The lowest BCUT2D eigenvalue weighted by Gasteiger charge is -2.25. The highest BCUT2D eigenvalue weighted by Crippen LogP contribution is 2.27. The monoisotopic (exact) mass is 348 g/mol. The highest BCUT2D eigenvalue weighted by Gasteiger charge is 2.27. The van der Waals surface area contributed by atoms with Crippen LogP contribution in [0.15, 0.2) is 23.1 Å². The number of methoxy groups -OCH3 is 1. The molecule has 6 nitrogen and oxygen atoms in total. The molecule has 1 aromatic carbocycles.